The molecule has 0 amide bonds. The number of para-hydroxylation sites is 1. The van der Waals surface area contributed by atoms with Crippen LogP contribution in [0.1, 0.15) is 24.1 Å². The molecule has 94 valence electrons. The van der Waals surface area contributed by atoms with Crippen LogP contribution in [0.4, 0.5) is 0 Å². The van der Waals surface area contributed by atoms with E-state index in [4.69, 9.17) is 10.5 Å². The Balaban J connectivity index is 2.31. The standard InChI is InChI=1S/C15H16BrNO/c1-10-9-12(7-8-14(10)16)18-15-6-4-3-5-13(15)11(2)17/h3-9,11H,17H2,1-2H3/t11-/m1/s1. The predicted molar refractivity (Wildman–Crippen MR) is 78.0 cm³/mol. The molecule has 0 aliphatic carbocycles. The minimum atomic E-state index is -0.0438. The summed E-state index contributed by atoms with van der Waals surface area (Å²) in [6.45, 7) is 3.99. The van der Waals surface area contributed by atoms with Gasteiger partial charge in [0, 0.05) is 16.1 Å². The highest BCUT2D eigenvalue weighted by Gasteiger charge is 2.08. The maximum atomic E-state index is 5.93. The van der Waals surface area contributed by atoms with E-state index >= 15 is 0 Å². The molecule has 0 saturated carbocycles. The van der Waals surface area contributed by atoms with Gasteiger partial charge in [-0.05, 0) is 43.7 Å². The molecule has 0 radical (unpaired) electrons. The number of aryl methyl sites for hydroxylation is 1. The van der Waals surface area contributed by atoms with E-state index in [0.717, 1.165) is 27.1 Å². The summed E-state index contributed by atoms with van der Waals surface area (Å²) in [5.74, 6) is 1.64. The zero-order valence-corrected chi connectivity index (χ0v) is 12.1. The van der Waals surface area contributed by atoms with Gasteiger partial charge in [-0.1, -0.05) is 34.1 Å². The lowest BCUT2D eigenvalue weighted by atomic mass is 10.1. The number of benzene rings is 2. The second-order valence-electron chi connectivity index (χ2n) is 4.34. The third-order valence-corrected chi connectivity index (χ3v) is 3.66. The highest BCUT2D eigenvalue weighted by Crippen LogP contribution is 2.30. The minimum Gasteiger partial charge on any atom is -0.457 e. The molecule has 0 bridgehead atoms. The van der Waals surface area contributed by atoms with Crippen LogP contribution in [0.25, 0.3) is 0 Å². The Morgan fingerprint density at radius 2 is 1.89 bits per heavy atom. The monoisotopic (exact) mass is 305 g/mol. The van der Waals surface area contributed by atoms with E-state index < -0.39 is 0 Å². The van der Waals surface area contributed by atoms with Gasteiger partial charge in [-0.3, -0.25) is 0 Å². The van der Waals surface area contributed by atoms with Gasteiger partial charge in [0.25, 0.3) is 0 Å². The van der Waals surface area contributed by atoms with Crippen LogP contribution in [-0.2, 0) is 0 Å². The molecule has 0 spiro atoms. The zero-order chi connectivity index (χ0) is 13.1. The molecule has 3 heteroatoms. The number of ether oxygens (including phenoxy) is 1. The maximum Gasteiger partial charge on any atom is 0.132 e. The van der Waals surface area contributed by atoms with Crippen molar-refractivity contribution in [3.8, 4) is 11.5 Å². The number of hydrogen-bond acceptors (Lipinski definition) is 2. The zero-order valence-electron chi connectivity index (χ0n) is 10.5. The van der Waals surface area contributed by atoms with Crippen LogP contribution in [0.3, 0.4) is 0 Å². The second-order valence-corrected chi connectivity index (χ2v) is 5.19. The maximum absolute atomic E-state index is 5.93. The van der Waals surface area contributed by atoms with Crippen molar-refractivity contribution in [2.24, 2.45) is 5.73 Å². The largest absolute Gasteiger partial charge is 0.457 e. The Labute approximate surface area is 116 Å². The summed E-state index contributed by atoms with van der Waals surface area (Å²) < 4.78 is 6.98. The van der Waals surface area contributed by atoms with Crippen LogP contribution in [0, 0.1) is 6.92 Å². The van der Waals surface area contributed by atoms with Crippen LogP contribution < -0.4 is 10.5 Å². The summed E-state index contributed by atoms with van der Waals surface area (Å²) >= 11 is 3.48. The van der Waals surface area contributed by atoms with Gasteiger partial charge in [-0.25, -0.2) is 0 Å². The van der Waals surface area contributed by atoms with E-state index in [-0.39, 0.29) is 6.04 Å². The number of nitrogens with two attached hydrogens (primary N) is 1. The van der Waals surface area contributed by atoms with Crippen molar-refractivity contribution in [3.05, 3.63) is 58.1 Å². The quantitative estimate of drug-likeness (QED) is 0.901. The molecule has 2 N–H and O–H groups in total. The van der Waals surface area contributed by atoms with Crippen molar-refractivity contribution in [2.75, 3.05) is 0 Å². The van der Waals surface area contributed by atoms with Crippen LogP contribution >= 0.6 is 15.9 Å². The molecule has 0 aliphatic heterocycles. The molecule has 2 rings (SSSR count). The van der Waals surface area contributed by atoms with E-state index in [1.54, 1.807) is 0 Å². The summed E-state index contributed by atoms with van der Waals surface area (Å²) in [5, 5.41) is 0. The summed E-state index contributed by atoms with van der Waals surface area (Å²) in [4.78, 5) is 0. The average molecular weight is 306 g/mol. The fourth-order valence-corrected chi connectivity index (χ4v) is 2.00. The molecule has 0 heterocycles. The summed E-state index contributed by atoms with van der Waals surface area (Å²) in [6.07, 6.45) is 0. The van der Waals surface area contributed by atoms with E-state index in [1.165, 1.54) is 0 Å². The van der Waals surface area contributed by atoms with Gasteiger partial charge in [0.2, 0.25) is 0 Å². The van der Waals surface area contributed by atoms with Gasteiger partial charge < -0.3 is 10.5 Å². The molecule has 2 aromatic rings. The summed E-state index contributed by atoms with van der Waals surface area (Å²) in [6, 6.07) is 13.7. The molecule has 2 nitrogen and oxygen atoms in total. The first kappa shape index (κ1) is 13.1. The lowest BCUT2D eigenvalue weighted by Gasteiger charge is -2.14. The number of rotatable bonds is 3. The van der Waals surface area contributed by atoms with Crippen LogP contribution in [0.5, 0.6) is 11.5 Å². The number of hydrogen-bond donors (Lipinski definition) is 1. The van der Waals surface area contributed by atoms with Crippen molar-refractivity contribution in [1.82, 2.24) is 0 Å². The molecule has 1 atom stereocenters. The molecule has 18 heavy (non-hydrogen) atoms. The predicted octanol–water partition coefficient (Wildman–Crippen LogP) is 4.57. The van der Waals surface area contributed by atoms with Gasteiger partial charge in [0.05, 0.1) is 0 Å². The van der Waals surface area contributed by atoms with Crippen molar-refractivity contribution >= 4 is 15.9 Å². The molecule has 0 unspecified atom stereocenters. The minimum absolute atomic E-state index is 0.0438. The van der Waals surface area contributed by atoms with Crippen LogP contribution in [0.2, 0.25) is 0 Å². The fraction of sp³-hybridized carbons (Fsp3) is 0.200. The molecule has 0 saturated heterocycles. The highest BCUT2D eigenvalue weighted by atomic mass is 79.9. The Morgan fingerprint density at radius 1 is 1.17 bits per heavy atom. The Morgan fingerprint density at radius 3 is 2.56 bits per heavy atom. The topological polar surface area (TPSA) is 35.2 Å². The van der Waals surface area contributed by atoms with Gasteiger partial charge >= 0.3 is 0 Å². The van der Waals surface area contributed by atoms with Gasteiger partial charge in [0.1, 0.15) is 11.5 Å². The molecule has 0 aromatic heterocycles. The molecule has 0 fully saturated rings. The highest BCUT2D eigenvalue weighted by molar-refractivity contribution is 9.10. The Kier molecular flexibility index (Phi) is 4.04. The van der Waals surface area contributed by atoms with E-state index in [2.05, 4.69) is 15.9 Å². The first-order chi connectivity index (χ1) is 8.58. The normalized spacial score (nSPS) is 12.2. The van der Waals surface area contributed by atoms with Crippen molar-refractivity contribution in [2.45, 2.75) is 19.9 Å². The third kappa shape index (κ3) is 2.92. The lowest BCUT2D eigenvalue weighted by molar-refractivity contribution is 0.471. The van der Waals surface area contributed by atoms with E-state index in [9.17, 15) is 0 Å². The van der Waals surface area contributed by atoms with Crippen LogP contribution in [0.15, 0.2) is 46.9 Å². The molecule has 0 aliphatic rings. The van der Waals surface area contributed by atoms with E-state index in [0.29, 0.717) is 0 Å². The first-order valence-corrected chi connectivity index (χ1v) is 6.65. The number of halogens is 1. The third-order valence-electron chi connectivity index (χ3n) is 2.77. The van der Waals surface area contributed by atoms with Crippen molar-refractivity contribution in [3.63, 3.8) is 0 Å². The lowest BCUT2D eigenvalue weighted by Crippen LogP contribution is -2.06. The molecular weight excluding hydrogens is 290 g/mol. The fourth-order valence-electron chi connectivity index (χ4n) is 1.76. The smallest absolute Gasteiger partial charge is 0.132 e. The van der Waals surface area contributed by atoms with Crippen molar-refractivity contribution in [1.29, 1.82) is 0 Å². The second kappa shape index (κ2) is 5.55. The van der Waals surface area contributed by atoms with Crippen molar-refractivity contribution < 1.29 is 4.74 Å². The van der Waals surface area contributed by atoms with Crippen LogP contribution in [-0.4, -0.2) is 0 Å². The first-order valence-electron chi connectivity index (χ1n) is 5.86. The summed E-state index contributed by atoms with van der Waals surface area (Å²) in [7, 11) is 0. The summed E-state index contributed by atoms with van der Waals surface area (Å²) in [5.41, 5.74) is 8.09. The van der Waals surface area contributed by atoms with E-state index in [1.807, 2.05) is 56.3 Å². The van der Waals surface area contributed by atoms with Gasteiger partial charge in [-0.2, -0.15) is 0 Å². The molecular formula is C15H16BrNO. The SMILES string of the molecule is Cc1cc(Oc2ccccc2[C@@H](C)N)ccc1Br. The average Bonchev–Trinajstić information content (AvgIpc) is 2.34. The van der Waals surface area contributed by atoms with Gasteiger partial charge in [0.15, 0.2) is 0 Å². The molecule has 2 aromatic carbocycles. The Hall–Kier alpha value is -1.32. The van der Waals surface area contributed by atoms with Gasteiger partial charge in [-0.15, -0.1) is 0 Å². The Bertz CT molecular complexity index is 552.